The predicted molar refractivity (Wildman–Crippen MR) is 79.7 cm³/mol. The lowest BCUT2D eigenvalue weighted by molar-refractivity contribution is 0.102. The molecule has 100 valence electrons. The molecule has 1 N–H and O–H groups in total. The molecule has 1 amide bonds. The molecule has 0 fully saturated rings. The molecule has 0 bridgehead atoms. The fourth-order valence-corrected chi connectivity index (χ4v) is 2.33. The second kappa shape index (κ2) is 5.75. The first-order valence-electron chi connectivity index (χ1n) is 5.80. The van der Waals surface area contributed by atoms with Gasteiger partial charge in [0.2, 0.25) is 0 Å². The van der Waals surface area contributed by atoms with Crippen molar-refractivity contribution in [3.8, 4) is 0 Å². The Morgan fingerprint density at radius 3 is 2.95 bits per heavy atom. The number of nitrogens with zero attached hydrogens (tertiary/aromatic N) is 2. The van der Waals surface area contributed by atoms with Crippen molar-refractivity contribution in [2.24, 2.45) is 7.05 Å². The zero-order chi connectivity index (χ0) is 14.0. The van der Waals surface area contributed by atoms with E-state index in [1.807, 2.05) is 14.0 Å². The lowest BCUT2D eigenvalue weighted by Gasteiger charge is -2.06. The molecule has 1 aromatic carbocycles. The van der Waals surface area contributed by atoms with Crippen LogP contribution in [-0.2, 0) is 13.5 Å². The highest BCUT2D eigenvalue weighted by atomic mass is 79.9. The third-order valence-electron chi connectivity index (χ3n) is 2.66. The number of aromatic nitrogens is 2. The molecule has 0 unspecified atom stereocenters. The van der Waals surface area contributed by atoms with E-state index in [1.54, 1.807) is 29.1 Å². The molecule has 2 rings (SSSR count). The lowest BCUT2D eigenvalue weighted by Crippen LogP contribution is -2.13. The van der Waals surface area contributed by atoms with Gasteiger partial charge in [0.15, 0.2) is 0 Å². The minimum Gasteiger partial charge on any atom is -0.319 e. The quantitative estimate of drug-likeness (QED) is 0.925. The first-order chi connectivity index (χ1) is 9.01. The number of carbonyl (C=O) groups is 1. The van der Waals surface area contributed by atoms with Gasteiger partial charge in [0.05, 0.1) is 22.0 Å². The fraction of sp³-hybridized carbons (Fsp3) is 0.231. The molecule has 0 saturated heterocycles. The van der Waals surface area contributed by atoms with Gasteiger partial charge < -0.3 is 5.32 Å². The molecule has 0 aliphatic rings. The normalized spacial score (nSPS) is 10.5. The summed E-state index contributed by atoms with van der Waals surface area (Å²) in [5.74, 6) is -0.242. The third kappa shape index (κ3) is 3.16. The second-order valence-corrected chi connectivity index (χ2v) is 5.42. The molecule has 0 atom stereocenters. The van der Waals surface area contributed by atoms with Crippen LogP contribution in [0.5, 0.6) is 0 Å². The van der Waals surface area contributed by atoms with Gasteiger partial charge in [-0.15, -0.1) is 0 Å². The highest BCUT2D eigenvalue weighted by molar-refractivity contribution is 9.10. The van der Waals surface area contributed by atoms with Crippen LogP contribution >= 0.6 is 27.5 Å². The summed E-state index contributed by atoms with van der Waals surface area (Å²) in [6, 6.07) is 5.17. The fourth-order valence-electron chi connectivity index (χ4n) is 1.76. The zero-order valence-corrected chi connectivity index (χ0v) is 12.9. The molecule has 19 heavy (non-hydrogen) atoms. The van der Waals surface area contributed by atoms with Crippen molar-refractivity contribution in [2.45, 2.75) is 13.3 Å². The van der Waals surface area contributed by atoms with Gasteiger partial charge in [0.25, 0.3) is 5.91 Å². The molecule has 1 heterocycles. The van der Waals surface area contributed by atoms with Crippen LogP contribution in [0.3, 0.4) is 0 Å². The van der Waals surface area contributed by atoms with Crippen LogP contribution in [0.1, 0.15) is 23.0 Å². The van der Waals surface area contributed by atoms with Gasteiger partial charge in [-0.3, -0.25) is 9.48 Å². The van der Waals surface area contributed by atoms with Gasteiger partial charge >= 0.3 is 0 Å². The second-order valence-electron chi connectivity index (χ2n) is 4.09. The summed E-state index contributed by atoms with van der Waals surface area (Å²) in [6.45, 7) is 1.99. The van der Waals surface area contributed by atoms with Gasteiger partial charge in [-0.2, -0.15) is 5.10 Å². The average Bonchev–Trinajstić information content (AvgIpc) is 2.72. The van der Waals surface area contributed by atoms with Crippen LogP contribution < -0.4 is 5.32 Å². The number of carbonyl (C=O) groups excluding carboxylic acids is 1. The number of hydrogen-bond acceptors (Lipinski definition) is 2. The number of nitrogens with one attached hydrogen (secondary N) is 1. The van der Waals surface area contributed by atoms with Gasteiger partial charge in [-0.1, -0.05) is 34.5 Å². The highest BCUT2D eigenvalue weighted by Gasteiger charge is 2.14. The smallest absolute Gasteiger partial charge is 0.257 e. The van der Waals surface area contributed by atoms with Crippen LogP contribution in [-0.4, -0.2) is 15.7 Å². The first-order valence-corrected chi connectivity index (χ1v) is 6.97. The number of benzene rings is 1. The highest BCUT2D eigenvalue weighted by Crippen LogP contribution is 2.23. The summed E-state index contributed by atoms with van der Waals surface area (Å²) in [5, 5.41) is 7.53. The maximum absolute atomic E-state index is 12.2. The van der Waals surface area contributed by atoms with Crippen molar-refractivity contribution in [3.63, 3.8) is 0 Å². The standard InChI is InChI=1S/C13H13BrClN3O/c1-3-11-12(7-18(2)17-11)16-13(19)9-6-8(14)4-5-10(9)15/h4-7H,3H2,1-2H3,(H,16,19). The molecule has 6 heteroatoms. The van der Waals surface area contributed by atoms with Gasteiger partial charge in [-0.25, -0.2) is 0 Å². The Morgan fingerprint density at radius 1 is 1.53 bits per heavy atom. The largest absolute Gasteiger partial charge is 0.319 e. The van der Waals surface area contributed by atoms with Crippen molar-refractivity contribution in [3.05, 3.63) is 45.1 Å². The van der Waals surface area contributed by atoms with Crippen molar-refractivity contribution < 1.29 is 4.79 Å². The van der Waals surface area contributed by atoms with Crippen LogP contribution in [0.4, 0.5) is 5.69 Å². The van der Waals surface area contributed by atoms with Crippen LogP contribution in [0, 0.1) is 0 Å². The molecule has 0 saturated carbocycles. The Kier molecular flexibility index (Phi) is 4.27. The van der Waals surface area contributed by atoms with E-state index in [1.165, 1.54) is 0 Å². The van der Waals surface area contributed by atoms with Crippen molar-refractivity contribution in [1.29, 1.82) is 0 Å². The Bertz CT molecular complexity index is 624. The van der Waals surface area contributed by atoms with E-state index in [0.717, 1.165) is 16.6 Å². The molecule has 0 aliphatic heterocycles. The summed E-state index contributed by atoms with van der Waals surface area (Å²) < 4.78 is 2.49. The summed E-state index contributed by atoms with van der Waals surface area (Å²) in [6.07, 6.45) is 2.53. The molecule has 4 nitrogen and oxygen atoms in total. The van der Waals surface area contributed by atoms with E-state index < -0.39 is 0 Å². The van der Waals surface area contributed by atoms with E-state index in [-0.39, 0.29) is 5.91 Å². The lowest BCUT2D eigenvalue weighted by atomic mass is 10.2. The van der Waals surface area contributed by atoms with E-state index in [0.29, 0.717) is 16.3 Å². The molecular weight excluding hydrogens is 330 g/mol. The molecule has 0 radical (unpaired) electrons. The van der Waals surface area contributed by atoms with E-state index in [9.17, 15) is 4.79 Å². The van der Waals surface area contributed by atoms with Crippen LogP contribution in [0.25, 0.3) is 0 Å². The number of anilines is 1. The van der Waals surface area contributed by atoms with Crippen molar-refractivity contribution in [2.75, 3.05) is 5.32 Å². The molecule has 0 aliphatic carbocycles. The Labute approximate surface area is 124 Å². The minimum atomic E-state index is -0.242. The zero-order valence-electron chi connectivity index (χ0n) is 10.6. The number of amides is 1. The summed E-state index contributed by atoms with van der Waals surface area (Å²) >= 11 is 9.36. The molecule has 1 aromatic heterocycles. The molecular formula is C13H13BrClN3O. The maximum atomic E-state index is 12.2. The predicted octanol–water partition coefficient (Wildman–Crippen LogP) is 3.65. The number of halogens is 2. The SMILES string of the molecule is CCc1nn(C)cc1NC(=O)c1cc(Br)ccc1Cl. The monoisotopic (exact) mass is 341 g/mol. The van der Waals surface area contributed by atoms with E-state index in [2.05, 4.69) is 26.3 Å². The molecule has 2 aromatic rings. The Morgan fingerprint density at radius 2 is 2.26 bits per heavy atom. The average molecular weight is 343 g/mol. The number of hydrogen-bond donors (Lipinski definition) is 1. The summed E-state index contributed by atoms with van der Waals surface area (Å²) in [4.78, 5) is 12.2. The van der Waals surface area contributed by atoms with Crippen LogP contribution in [0.2, 0.25) is 5.02 Å². The summed E-state index contributed by atoms with van der Waals surface area (Å²) in [5.41, 5.74) is 2.00. The van der Waals surface area contributed by atoms with Crippen molar-refractivity contribution >= 4 is 39.1 Å². The Balaban J connectivity index is 2.27. The van der Waals surface area contributed by atoms with E-state index >= 15 is 0 Å². The van der Waals surface area contributed by atoms with Gasteiger partial charge in [0, 0.05) is 17.7 Å². The molecule has 0 spiro atoms. The Hall–Kier alpha value is -1.33. The third-order valence-corrected chi connectivity index (χ3v) is 3.48. The summed E-state index contributed by atoms with van der Waals surface area (Å²) in [7, 11) is 1.82. The van der Waals surface area contributed by atoms with Crippen molar-refractivity contribution in [1.82, 2.24) is 9.78 Å². The van der Waals surface area contributed by atoms with Gasteiger partial charge in [0.1, 0.15) is 0 Å². The van der Waals surface area contributed by atoms with Gasteiger partial charge in [-0.05, 0) is 24.6 Å². The maximum Gasteiger partial charge on any atom is 0.257 e. The first kappa shape index (κ1) is 14.1. The number of rotatable bonds is 3. The minimum absolute atomic E-state index is 0.242. The number of aryl methyl sites for hydroxylation is 2. The van der Waals surface area contributed by atoms with Crippen LogP contribution in [0.15, 0.2) is 28.9 Å². The van der Waals surface area contributed by atoms with E-state index in [4.69, 9.17) is 11.6 Å². The topological polar surface area (TPSA) is 46.9 Å².